The molecular weight excluding hydrogens is 317 g/mol. The Bertz CT molecular complexity index is 782. The fourth-order valence-electron chi connectivity index (χ4n) is 2.62. The van der Waals surface area contributed by atoms with Crippen LogP contribution < -0.4 is 5.73 Å². The van der Waals surface area contributed by atoms with Gasteiger partial charge in [0, 0.05) is 0 Å². The number of hydrogen-bond acceptors (Lipinski definition) is 9. The fraction of sp³-hybridized carbons (Fsp3) is 0.500. The smallest absolute Gasteiger partial charge is 0.386 e. The highest BCUT2D eigenvalue weighted by Crippen LogP contribution is 2.52. The lowest BCUT2D eigenvalue weighted by Crippen LogP contribution is -2.39. The molecule has 0 bridgehead atoms. The van der Waals surface area contributed by atoms with Crippen molar-refractivity contribution in [2.75, 3.05) is 12.3 Å². The zero-order valence-corrected chi connectivity index (χ0v) is 11.9. The molecule has 4 N–H and O–H groups in total. The minimum atomic E-state index is -4.16. The van der Waals surface area contributed by atoms with Crippen LogP contribution in [0.5, 0.6) is 0 Å². The van der Waals surface area contributed by atoms with E-state index in [9.17, 15) is 14.6 Å². The maximum atomic E-state index is 11.5. The Morgan fingerprint density at radius 1 is 1.41 bits per heavy atom. The maximum Gasteiger partial charge on any atom is 0.472 e. The second-order valence-corrected chi connectivity index (χ2v) is 6.38. The van der Waals surface area contributed by atoms with Gasteiger partial charge in [-0.2, -0.15) is 0 Å². The van der Waals surface area contributed by atoms with Gasteiger partial charge in [0.1, 0.15) is 30.2 Å². The van der Waals surface area contributed by atoms with Gasteiger partial charge in [0.2, 0.25) is 0 Å². The molecule has 2 aliphatic rings. The molecule has 0 aromatic carbocycles. The standard InChI is InChI=1S/C10H12N5O6P/c11-8-5-9(13-2-12-8)15(3-14-5)10-6(16)7-4(20-10)1-19-22(17,18)21-7/h2-4,6-7,10,16H,1H2,(H,17,18)(H2,11,12,13)/t4-,6+,7?,10+/m0/s1. The van der Waals surface area contributed by atoms with E-state index in [1.54, 1.807) is 0 Å². The number of nitrogen functional groups attached to an aromatic ring is 1. The minimum absolute atomic E-state index is 0.157. The van der Waals surface area contributed by atoms with E-state index in [1.807, 2.05) is 0 Å². The van der Waals surface area contributed by atoms with E-state index in [-0.39, 0.29) is 12.4 Å². The molecule has 0 spiro atoms. The third-order valence-electron chi connectivity index (χ3n) is 3.63. The number of imidazole rings is 1. The van der Waals surface area contributed by atoms with E-state index in [1.165, 1.54) is 17.2 Å². The number of aliphatic hydroxyl groups is 1. The molecule has 2 unspecified atom stereocenters. The molecule has 0 saturated carbocycles. The highest BCUT2D eigenvalue weighted by molar-refractivity contribution is 7.47. The molecule has 4 heterocycles. The van der Waals surface area contributed by atoms with Crippen molar-refractivity contribution in [2.45, 2.75) is 24.5 Å². The lowest BCUT2D eigenvalue weighted by molar-refractivity contribution is -0.0664. The summed E-state index contributed by atoms with van der Waals surface area (Å²) in [5, 5.41) is 10.4. The van der Waals surface area contributed by atoms with Crippen LogP contribution in [0.4, 0.5) is 5.82 Å². The van der Waals surface area contributed by atoms with Gasteiger partial charge in [0.15, 0.2) is 17.7 Å². The van der Waals surface area contributed by atoms with Gasteiger partial charge in [-0.25, -0.2) is 19.5 Å². The average Bonchev–Trinajstić information content (AvgIpc) is 3.01. The van der Waals surface area contributed by atoms with Crippen LogP contribution in [-0.4, -0.2) is 54.4 Å². The predicted molar refractivity (Wildman–Crippen MR) is 70.3 cm³/mol. The molecule has 0 amide bonds. The lowest BCUT2D eigenvalue weighted by atomic mass is 10.1. The van der Waals surface area contributed by atoms with Gasteiger partial charge in [0.25, 0.3) is 0 Å². The second-order valence-electron chi connectivity index (χ2n) is 4.97. The number of nitrogens with zero attached hydrogens (tertiary/aromatic N) is 4. The molecule has 118 valence electrons. The minimum Gasteiger partial charge on any atom is -0.386 e. The van der Waals surface area contributed by atoms with Crippen LogP contribution in [0, 0.1) is 0 Å². The van der Waals surface area contributed by atoms with Gasteiger partial charge < -0.3 is 20.5 Å². The van der Waals surface area contributed by atoms with Crippen molar-refractivity contribution in [1.82, 2.24) is 19.5 Å². The number of hydrogen-bond donors (Lipinski definition) is 3. The van der Waals surface area contributed by atoms with Gasteiger partial charge in [-0.3, -0.25) is 13.6 Å². The van der Waals surface area contributed by atoms with Crippen LogP contribution in [0.1, 0.15) is 6.23 Å². The summed E-state index contributed by atoms with van der Waals surface area (Å²) >= 11 is 0. The van der Waals surface area contributed by atoms with Gasteiger partial charge >= 0.3 is 7.82 Å². The molecule has 22 heavy (non-hydrogen) atoms. The average molecular weight is 329 g/mol. The fourth-order valence-corrected chi connectivity index (χ4v) is 3.59. The van der Waals surface area contributed by atoms with Crippen LogP contribution >= 0.6 is 7.82 Å². The van der Waals surface area contributed by atoms with Crippen LogP contribution in [0.2, 0.25) is 0 Å². The third-order valence-corrected chi connectivity index (χ3v) is 4.61. The quantitative estimate of drug-likeness (QED) is 0.565. The zero-order chi connectivity index (χ0) is 15.5. The Kier molecular flexibility index (Phi) is 2.98. The molecule has 4 rings (SSSR count). The molecule has 0 radical (unpaired) electrons. The molecule has 12 heteroatoms. The number of rotatable bonds is 1. The summed E-state index contributed by atoms with van der Waals surface area (Å²) in [7, 11) is -4.16. The van der Waals surface area contributed by atoms with Crippen molar-refractivity contribution in [3.05, 3.63) is 12.7 Å². The van der Waals surface area contributed by atoms with Gasteiger partial charge in [0.05, 0.1) is 12.9 Å². The summed E-state index contributed by atoms with van der Waals surface area (Å²) < 4.78 is 28.2. The summed E-state index contributed by atoms with van der Waals surface area (Å²) in [5.74, 6) is 0.202. The van der Waals surface area contributed by atoms with Crippen LogP contribution in [0.25, 0.3) is 11.2 Å². The summed E-state index contributed by atoms with van der Waals surface area (Å²) in [6, 6.07) is 0. The first-order valence-electron chi connectivity index (χ1n) is 6.38. The molecule has 0 aliphatic carbocycles. The summed E-state index contributed by atoms with van der Waals surface area (Å²) in [6.07, 6.45) is -1.07. The van der Waals surface area contributed by atoms with E-state index in [0.29, 0.717) is 11.2 Å². The second kappa shape index (κ2) is 4.69. The van der Waals surface area contributed by atoms with E-state index in [0.717, 1.165) is 0 Å². The first-order chi connectivity index (χ1) is 10.5. The molecule has 2 saturated heterocycles. The Balaban J connectivity index is 1.71. The first-order valence-corrected chi connectivity index (χ1v) is 7.88. The number of ether oxygens (including phenoxy) is 1. The number of phosphoric ester groups is 1. The van der Waals surface area contributed by atoms with E-state index in [4.69, 9.17) is 15.0 Å². The largest absolute Gasteiger partial charge is 0.472 e. The Morgan fingerprint density at radius 2 is 2.23 bits per heavy atom. The molecule has 2 aromatic heterocycles. The summed E-state index contributed by atoms with van der Waals surface area (Å²) in [6.45, 7) is -0.157. The number of aliphatic hydroxyl groups excluding tert-OH is 1. The Morgan fingerprint density at radius 3 is 3.05 bits per heavy atom. The number of fused-ring (bicyclic) bond motifs is 2. The van der Waals surface area contributed by atoms with E-state index < -0.39 is 32.4 Å². The lowest BCUT2D eigenvalue weighted by Gasteiger charge is -2.27. The van der Waals surface area contributed by atoms with E-state index in [2.05, 4.69) is 19.5 Å². The number of nitrogens with two attached hydrogens (primary N) is 1. The summed E-state index contributed by atoms with van der Waals surface area (Å²) in [4.78, 5) is 21.3. The van der Waals surface area contributed by atoms with Crippen molar-refractivity contribution in [3.63, 3.8) is 0 Å². The monoisotopic (exact) mass is 329 g/mol. The van der Waals surface area contributed by atoms with Crippen LogP contribution in [-0.2, 0) is 18.3 Å². The molecule has 2 aliphatic heterocycles. The maximum absolute atomic E-state index is 11.5. The molecule has 2 fully saturated rings. The van der Waals surface area contributed by atoms with Crippen LogP contribution in [0.15, 0.2) is 12.7 Å². The number of anilines is 1. The normalized spacial score (nSPS) is 38.3. The van der Waals surface area contributed by atoms with E-state index >= 15 is 0 Å². The Labute approximate surface area is 123 Å². The summed E-state index contributed by atoms with van der Waals surface area (Å²) in [5.41, 5.74) is 6.46. The van der Waals surface area contributed by atoms with Gasteiger partial charge in [-0.15, -0.1) is 0 Å². The molecular formula is C10H12N5O6P. The molecule has 5 atom stereocenters. The third kappa shape index (κ3) is 2.02. The highest BCUT2D eigenvalue weighted by atomic mass is 31.2. The van der Waals surface area contributed by atoms with Crippen molar-refractivity contribution in [2.24, 2.45) is 0 Å². The Hall–Kier alpha value is -1.62. The highest BCUT2D eigenvalue weighted by Gasteiger charge is 2.52. The SMILES string of the molecule is Nc1ncnc2c1ncn2[C@@H]1O[C@H]2COP(=O)(O)OC2[C@H]1O. The first kappa shape index (κ1) is 14.0. The van der Waals surface area contributed by atoms with Gasteiger partial charge in [-0.05, 0) is 0 Å². The molecule has 2 aromatic rings. The topological polar surface area (TPSA) is 155 Å². The van der Waals surface area contributed by atoms with Crippen molar-refractivity contribution in [1.29, 1.82) is 0 Å². The van der Waals surface area contributed by atoms with Crippen molar-refractivity contribution < 1.29 is 28.3 Å². The predicted octanol–water partition coefficient (Wildman–Crippen LogP) is -0.817. The zero-order valence-electron chi connectivity index (χ0n) is 11.0. The number of aromatic nitrogens is 4. The number of phosphoric acid groups is 1. The van der Waals surface area contributed by atoms with Crippen molar-refractivity contribution in [3.8, 4) is 0 Å². The van der Waals surface area contributed by atoms with Gasteiger partial charge in [-0.1, -0.05) is 0 Å². The van der Waals surface area contributed by atoms with Crippen LogP contribution in [0.3, 0.4) is 0 Å². The molecule has 11 nitrogen and oxygen atoms in total. The van der Waals surface area contributed by atoms with Crippen molar-refractivity contribution >= 4 is 24.8 Å².